The van der Waals surface area contributed by atoms with Gasteiger partial charge in [-0.25, -0.2) is 4.39 Å². The molecule has 1 aromatic carbocycles. The van der Waals surface area contributed by atoms with Crippen LogP contribution in [0.1, 0.15) is 27.7 Å². The number of amides is 3. The average molecular weight is 479 g/mol. The molecule has 3 aliphatic heterocycles. The van der Waals surface area contributed by atoms with Gasteiger partial charge in [0.15, 0.2) is 0 Å². The van der Waals surface area contributed by atoms with Crippen LogP contribution in [0.25, 0.3) is 0 Å². The van der Waals surface area contributed by atoms with Gasteiger partial charge in [-0.3, -0.25) is 24.3 Å². The molecule has 35 heavy (non-hydrogen) atoms. The van der Waals surface area contributed by atoms with Crippen LogP contribution in [0.4, 0.5) is 15.8 Å². The smallest absolute Gasteiger partial charge is 0.246 e. The van der Waals surface area contributed by atoms with Crippen molar-refractivity contribution in [3.05, 3.63) is 66.8 Å². The Labute approximate surface area is 202 Å². The summed E-state index contributed by atoms with van der Waals surface area (Å²) < 4.78 is 20.7. The molecule has 5 rings (SSSR count). The summed E-state index contributed by atoms with van der Waals surface area (Å²) >= 11 is 0. The lowest BCUT2D eigenvalue weighted by Crippen LogP contribution is -2.58. The number of benzene rings is 1. The van der Waals surface area contributed by atoms with E-state index in [1.54, 1.807) is 43.5 Å². The predicted octanol–water partition coefficient (Wildman–Crippen LogP) is 2.82. The quantitative estimate of drug-likeness (QED) is 0.659. The second-order valence-electron chi connectivity index (χ2n) is 10.5. The minimum Gasteiger partial charge on any atom is -0.356 e. The maximum absolute atomic E-state index is 14.3. The van der Waals surface area contributed by atoms with Gasteiger partial charge in [-0.15, -0.1) is 0 Å². The van der Waals surface area contributed by atoms with Crippen LogP contribution in [-0.4, -0.2) is 45.5 Å². The van der Waals surface area contributed by atoms with Crippen molar-refractivity contribution in [2.24, 2.45) is 11.8 Å². The van der Waals surface area contributed by atoms with Crippen LogP contribution in [0.3, 0.4) is 0 Å². The normalized spacial score (nSPS) is 30.9. The third-order valence-corrected chi connectivity index (χ3v) is 6.78. The van der Waals surface area contributed by atoms with Crippen LogP contribution >= 0.6 is 0 Å². The number of pyridine rings is 1. The number of nitrogens with zero attached hydrogens (tertiary/aromatic N) is 2. The van der Waals surface area contributed by atoms with E-state index in [1.807, 2.05) is 20.8 Å². The summed E-state index contributed by atoms with van der Waals surface area (Å²) in [4.78, 5) is 46.6. The summed E-state index contributed by atoms with van der Waals surface area (Å²) in [6.07, 6.45) is 6.53. The standard InChI is InChI=1S/C26H27FN4O4/c1-24(2,3)30-22(33)20-26-12-11-25(4,35-26)18(21(32)29-17-10-6-5-9-16(17)27)19(26)23(34)31(20)15-8-7-13-28-14-15/h5-14,18-20H,1-4H3,(H,29,32)(H,30,33)/t18-,19+,20-,25-,26+/m1/s1. The molecular formula is C26H27FN4O4. The Hall–Kier alpha value is -3.59. The minimum atomic E-state index is -1.37. The zero-order valence-electron chi connectivity index (χ0n) is 19.9. The molecule has 2 saturated heterocycles. The number of para-hydroxylation sites is 1. The molecule has 3 aliphatic rings. The Morgan fingerprint density at radius 1 is 1.11 bits per heavy atom. The number of aromatic nitrogens is 1. The highest BCUT2D eigenvalue weighted by atomic mass is 19.1. The second-order valence-corrected chi connectivity index (χ2v) is 10.5. The third-order valence-electron chi connectivity index (χ3n) is 6.78. The summed E-state index contributed by atoms with van der Waals surface area (Å²) in [5.74, 6) is -3.93. The maximum atomic E-state index is 14.3. The van der Waals surface area contributed by atoms with Gasteiger partial charge in [-0.2, -0.15) is 0 Å². The number of hydrogen-bond donors (Lipinski definition) is 2. The molecule has 182 valence electrons. The van der Waals surface area contributed by atoms with Crippen LogP contribution in [0.15, 0.2) is 60.9 Å². The number of ether oxygens (including phenoxy) is 1. The van der Waals surface area contributed by atoms with Gasteiger partial charge in [0.25, 0.3) is 0 Å². The monoisotopic (exact) mass is 478 g/mol. The van der Waals surface area contributed by atoms with E-state index in [0.29, 0.717) is 5.69 Å². The first-order chi connectivity index (χ1) is 16.5. The number of carbonyl (C=O) groups is 3. The molecule has 0 aliphatic carbocycles. The molecule has 3 amide bonds. The van der Waals surface area contributed by atoms with E-state index in [0.717, 1.165) is 0 Å². The number of anilines is 2. The van der Waals surface area contributed by atoms with Gasteiger partial charge < -0.3 is 15.4 Å². The Morgan fingerprint density at radius 2 is 1.86 bits per heavy atom. The highest BCUT2D eigenvalue weighted by Gasteiger charge is 2.76. The van der Waals surface area contributed by atoms with Gasteiger partial charge in [0, 0.05) is 11.7 Å². The van der Waals surface area contributed by atoms with E-state index in [1.165, 1.54) is 29.3 Å². The zero-order valence-corrected chi connectivity index (χ0v) is 19.9. The lowest BCUT2D eigenvalue weighted by atomic mass is 9.70. The highest BCUT2D eigenvalue weighted by molar-refractivity contribution is 6.11. The van der Waals surface area contributed by atoms with E-state index in [2.05, 4.69) is 15.6 Å². The van der Waals surface area contributed by atoms with Crippen LogP contribution in [0, 0.1) is 17.7 Å². The molecule has 2 bridgehead atoms. The van der Waals surface area contributed by atoms with Crippen molar-refractivity contribution in [2.75, 3.05) is 10.2 Å². The third kappa shape index (κ3) is 3.53. The van der Waals surface area contributed by atoms with E-state index in [4.69, 9.17) is 4.74 Å². The van der Waals surface area contributed by atoms with Crippen molar-refractivity contribution in [2.45, 2.75) is 50.5 Å². The summed E-state index contributed by atoms with van der Waals surface area (Å²) in [7, 11) is 0. The summed E-state index contributed by atoms with van der Waals surface area (Å²) in [6, 6.07) is 8.12. The first-order valence-electron chi connectivity index (χ1n) is 11.5. The molecule has 2 fully saturated rings. The van der Waals surface area contributed by atoms with Crippen LogP contribution in [-0.2, 0) is 19.1 Å². The molecule has 2 N–H and O–H groups in total. The zero-order chi connectivity index (χ0) is 25.2. The van der Waals surface area contributed by atoms with Crippen LogP contribution in [0.5, 0.6) is 0 Å². The Morgan fingerprint density at radius 3 is 2.51 bits per heavy atom. The van der Waals surface area contributed by atoms with Crippen molar-refractivity contribution in [1.82, 2.24) is 10.3 Å². The Balaban J connectivity index is 1.59. The molecule has 1 aromatic heterocycles. The maximum Gasteiger partial charge on any atom is 0.246 e. The molecule has 9 heteroatoms. The predicted molar refractivity (Wildman–Crippen MR) is 127 cm³/mol. The highest BCUT2D eigenvalue weighted by Crippen LogP contribution is 2.60. The fourth-order valence-electron chi connectivity index (χ4n) is 5.52. The van der Waals surface area contributed by atoms with Crippen molar-refractivity contribution in [3.63, 3.8) is 0 Å². The van der Waals surface area contributed by atoms with E-state index in [9.17, 15) is 18.8 Å². The van der Waals surface area contributed by atoms with Crippen LogP contribution < -0.4 is 15.5 Å². The number of hydrogen-bond acceptors (Lipinski definition) is 5. The molecule has 0 radical (unpaired) electrons. The SMILES string of the molecule is CC(C)(C)NC(=O)[C@H]1N(c2cccnc2)C(=O)[C@@H]2[C@H](C(=O)Nc3ccccc3F)[C@@]3(C)C=C[C@]21O3. The van der Waals surface area contributed by atoms with Crippen molar-refractivity contribution in [1.29, 1.82) is 0 Å². The Bertz CT molecular complexity index is 1240. The van der Waals surface area contributed by atoms with Crippen LogP contribution in [0.2, 0.25) is 0 Å². The summed E-state index contributed by atoms with van der Waals surface area (Å²) in [6.45, 7) is 7.25. The number of halogens is 1. The van der Waals surface area contributed by atoms with Gasteiger partial charge in [0.1, 0.15) is 17.5 Å². The number of carbonyl (C=O) groups excluding carboxylic acids is 3. The van der Waals surface area contributed by atoms with Crippen molar-refractivity contribution < 1.29 is 23.5 Å². The average Bonchev–Trinajstić information content (AvgIpc) is 3.35. The minimum absolute atomic E-state index is 0.0125. The van der Waals surface area contributed by atoms with E-state index >= 15 is 0 Å². The largest absolute Gasteiger partial charge is 0.356 e. The Kier molecular flexibility index (Phi) is 5.10. The molecule has 0 saturated carbocycles. The van der Waals surface area contributed by atoms with Gasteiger partial charge in [0.2, 0.25) is 17.7 Å². The summed E-state index contributed by atoms with van der Waals surface area (Å²) in [5.41, 5.74) is -2.64. The van der Waals surface area contributed by atoms with Crippen molar-refractivity contribution in [3.8, 4) is 0 Å². The molecule has 1 spiro atoms. The van der Waals surface area contributed by atoms with Crippen molar-refractivity contribution >= 4 is 29.1 Å². The molecule has 2 aromatic rings. The van der Waals surface area contributed by atoms with Gasteiger partial charge in [-0.1, -0.05) is 24.3 Å². The lowest BCUT2D eigenvalue weighted by molar-refractivity contribution is -0.131. The topological polar surface area (TPSA) is 101 Å². The first kappa shape index (κ1) is 23.2. The second kappa shape index (κ2) is 7.71. The van der Waals surface area contributed by atoms with E-state index in [-0.39, 0.29) is 5.69 Å². The molecule has 0 unspecified atom stereocenters. The molecule has 4 heterocycles. The molecular weight excluding hydrogens is 451 g/mol. The number of nitrogens with one attached hydrogen (secondary N) is 2. The fraction of sp³-hybridized carbons (Fsp3) is 0.385. The number of fused-ring (bicyclic) bond motifs is 1. The van der Waals surface area contributed by atoms with Gasteiger partial charge in [-0.05, 0) is 52.0 Å². The van der Waals surface area contributed by atoms with E-state index < -0.39 is 58.2 Å². The van der Waals surface area contributed by atoms with Gasteiger partial charge in [0.05, 0.1) is 35.0 Å². The first-order valence-corrected chi connectivity index (χ1v) is 11.5. The number of rotatable bonds is 4. The molecule has 8 nitrogen and oxygen atoms in total. The van der Waals surface area contributed by atoms with Gasteiger partial charge >= 0.3 is 0 Å². The molecule has 5 atom stereocenters. The fourth-order valence-corrected chi connectivity index (χ4v) is 5.52. The summed E-state index contributed by atoms with van der Waals surface area (Å²) in [5, 5.41) is 5.58. The lowest BCUT2D eigenvalue weighted by Gasteiger charge is -2.34.